The Bertz CT molecular complexity index is 1350. The Labute approximate surface area is 228 Å². The molecule has 1 aliphatic heterocycles. The number of hydrogen-bond acceptors (Lipinski definition) is 4. The number of carbonyl (C=O) groups excluding carboxylic acids is 3. The van der Waals surface area contributed by atoms with Crippen LogP contribution in [-0.4, -0.2) is 22.6 Å². The Kier molecular flexibility index (Phi) is 8.32. The van der Waals surface area contributed by atoms with Gasteiger partial charge in [-0.25, -0.2) is 0 Å². The molecule has 7 heteroatoms. The quantitative estimate of drug-likeness (QED) is 0.319. The maximum atomic E-state index is 13.1. The van der Waals surface area contributed by atoms with Crippen molar-refractivity contribution in [3.8, 4) is 0 Å². The molecule has 0 spiro atoms. The Morgan fingerprint density at radius 1 is 0.789 bits per heavy atom. The standard InChI is InChI=1S/C31H32ClN3O3/c1-19(2)24-11-8-12-25(20(3)4)27(24)34-29(36)23-15-13-21(14-16-23)17-33-28-26(32)30(37)35(31(28)38)18-22-9-6-5-7-10-22/h5-16,19-20,33H,17-18H2,1-4H3,(H,34,36). The van der Waals surface area contributed by atoms with Gasteiger partial charge in [0.25, 0.3) is 17.7 Å². The third-order valence-electron chi connectivity index (χ3n) is 6.59. The number of benzene rings is 3. The van der Waals surface area contributed by atoms with Gasteiger partial charge in [0.15, 0.2) is 0 Å². The number of nitrogens with one attached hydrogen (secondary N) is 2. The van der Waals surface area contributed by atoms with E-state index in [1.165, 1.54) is 0 Å². The minimum Gasteiger partial charge on any atom is -0.375 e. The van der Waals surface area contributed by atoms with E-state index in [2.05, 4.69) is 50.5 Å². The van der Waals surface area contributed by atoms with Crippen LogP contribution in [-0.2, 0) is 22.7 Å². The Balaban J connectivity index is 1.42. The first-order chi connectivity index (χ1) is 18.2. The van der Waals surface area contributed by atoms with Gasteiger partial charge in [-0.3, -0.25) is 19.3 Å². The van der Waals surface area contributed by atoms with E-state index < -0.39 is 11.8 Å². The zero-order valence-corrected chi connectivity index (χ0v) is 22.8. The van der Waals surface area contributed by atoms with Crippen molar-refractivity contribution in [3.63, 3.8) is 0 Å². The van der Waals surface area contributed by atoms with Crippen LogP contribution in [0.1, 0.15) is 72.1 Å². The van der Waals surface area contributed by atoms with Gasteiger partial charge in [0.05, 0.1) is 6.54 Å². The number of para-hydroxylation sites is 1. The topological polar surface area (TPSA) is 78.5 Å². The second-order valence-corrected chi connectivity index (χ2v) is 10.4. The first-order valence-electron chi connectivity index (χ1n) is 12.7. The molecule has 4 rings (SSSR count). The van der Waals surface area contributed by atoms with Crippen molar-refractivity contribution < 1.29 is 14.4 Å². The molecule has 196 valence electrons. The summed E-state index contributed by atoms with van der Waals surface area (Å²) in [7, 11) is 0. The summed E-state index contributed by atoms with van der Waals surface area (Å²) in [6.07, 6.45) is 0. The van der Waals surface area contributed by atoms with Gasteiger partial charge in [0.1, 0.15) is 10.7 Å². The first-order valence-corrected chi connectivity index (χ1v) is 13.1. The minimum absolute atomic E-state index is 0.0842. The SMILES string of the molecule is CC(C)c1cccc(C(C)C)c1NC(=O)c1ccc(CNC2=C(Cl)C(=O)N(Cc3ccccc3)C2=O)cc1. The van der Waals surface area contributed by atoms with Gasteiger partial charge < -0.3 is 10.6 Å². The third-order valence-corrected chi connectivity index (χ3v) is 6.94. The molecular formula is C31H32ClN3O3. The zero-order valence-electron chi connectivity index (χ0n) is 22.0. The molecule has 1 aliphatic rings. The highest BCUT2D eigenvalue weighted by Crippen LogP contribution is 2.32. The molecule has 6 nitrogen and oxygen atoms in total. The maximum absolute atomic E-state index is 13.1. The van der Waals surface area contributed by atoms with Crippen molar-refractivity contribution in [1.29, 1.82) is 0 Å². The van der Waals surface area contributed by atoms with Gasteiger partial charge in [-0.1, -0.05) is 100.0 Å². The predicted molar refractivity (Wildman–Crippen MR) is 151 cm³/mol. The van der Waals surface area contributed by atoms with E-state index in [1.807, 2.05) is 48.5 Å². The van der Waals surface area contributed by atoms with E-state index in [9.17, 15) is 14.4 Å². The molecule has 1 heterocycles. The van der Waals surface area contributed by atoms with Crippen LogP contribution < -0.4 is 10.6 Å². The number of halogens is 1. The molecule has 0 atom stereocenters. The fraction of sp³-hybridized carbons (Fsp3) is 0.258. The maximum Gasteiger partial charge on any atom is 0.278 e. The van der Waals surface area contributed by atoms with Crippen molar-refractivity contribution in [2.45, 2.75) is 52.6 Å². The van der Waals surface area contributed by atoms with Gasteiger partial charge in [-0.2, -0.15) is 0 Å². The Morgan fingerprint density at radius 3 is 1.97 bits per heavy atom. The number of imide groups is 1. The highest BCUT2D eigenvalue weighted by Gasteiger charge is 2.37. The summed E-state index contributed by atoms with van der Waals surface area (Å²) >= 11 is 6.22. The molecule has 3 amide bonds. The summed E-state index contributed by atoms with van der Waals surface area (Å²) in [6.45, 7) is 8.88. The molecule has 0 aromatic heterocycles. The van der Waals surface area contributed by atoms with E-state index in [-0.39, 0.29) is 41.6 Å². The first kappa shape index (κ1) is 27.1. The van der Waals surface area contributed by atoms with Crippen molar-refractivity contribution in [3.05, 3.63) is 111 Å². The lowest BCUT2D eigenvalue weighted by atomic mass is 9.92. The lowest BCUT2D eigenvalue weighted by molar-refractivity contribution is -0.138. The molecule has 0 unspecified atom stereocenters. The summed E-state index contributed by atoms with van der Waals surface area (Å²) in [5.74, 6) is -0.611. The second kappa shape index (κ2) is 11.7. The number of hydrogen-bond donors (Lipinski definition) is 2. The van der Waals surface area contributed by atoms with Crippen molar-refractivity contribution in [2.75, 3.05) is 5.32 Å². The smallest absolute Gasteiger partial charge is 0.278 e. The van der Waals surface area contributed by atoms with Crippen LogP contribution in [0.4, 0.5) is 5.69 Å². The van der Waals surface area contributed by atoms with Gasteiger partial charge in [0.2, 0.25) is 0 Å². The lowest BCUT2D eigenvalue weighted by Gasteiger charge is -2.20. The number of carbonyl (C=O) groups is 3. The van der Waals surface area contributed by atoms with Crippen molar-refractivity contribution >= 4 is 35.0 Å². The predicted octanol–water partition coefficient (Wildman–Crippen LogP) is 6.29. The van der Waals surface area contributed by atoms with E-state index in [1.54, 1.807) is 12.1 Å². The third kappa shape index (κ3) is 5.81. The fourth-order valence-electron chi connectivity index (χ4n) is 4.45. The van der Waals surface area contributed by atoms with Gasteiger partial charge in [-0.15, -0.1) is 0 Å². The molecule has 2 N–H and O–H groups in total. The molecule has 0 aliphatic carbocycles. The molecule has 0 fully saturated rings. The summed E-state index contributed by atoms with van der Waals surface area (Å²) in [6, 6.07) is 22.5. The average Bonchev–Trinajstić information content (AvgIpc) is 3.10. The van der Waals surface area contributed by atoms with Gasteiger partial charge in [-0.05, 0) is 46.2 Å². The number of nitrogens with zero attached hydrogens (tertiary/aromatic N) is 1. The highest BCUT2D eigenvalue weighted by molar-refractivity contribution is 6.47. The molecule has 0 radical (unpaired) electrons. The van der Waals surface area contributed by atoms with Crippen LogP contribution in [0.25, 0.3) is 0 Å². The van der Waals surface area contributed by atoms with Gasteiger partial charge in [0, 0.05) is 17.8 Å². The molecule has 3 aromatic carbocycles. The Morgan fingerprint density at radius 2 is 1.39 bits per heavy atom. The largest absolute Gasteiger partial charge is 0.375 e. The van der Waals surface area contributed by atoms with E-state index in [4.69, 9.17) is 11.6 Å². The second-order valence-electron chi connectivity index (χ2n) is 10.00. The summed E-state index contributed by atoms with van der Waals surface area (Å²) in [5.41, 5.74) is 5.37. The molecule has 38 heavy (non-hydrogen) atoms. The molecule has 0 saturated heterocycles. The van der Waals surface area contributed by atoms with Crippen LogP contribution in [0, 0.1) is 0 Å². The van der Waals surface area contributed by atoms with E-state index in [0.717, 1.165) is 32.8 Å². The summed E-state index contributed by atoms with van der Waals surface area (Å²) in [4.78, 5) is 39.7. The van der Waals surface area contributed by atoms with Crippen LogP contribution in [0.3, 0.4) is 0 Å². The lowest BCUT2D eigenvalue weighted by Crippen LogP contribution is -2.33. The van der Waals surface area contributed by atoms with Crippen LogP contribution in [0.5, 0.6) is 0 Å². The van der Waals surface area contributed by atoms with E-state index >= 15 is 0 Å². The minimum atomic E-state index is -0.516. The van der Waals surface area contributed by atoms with Crippen LogP contribution in [0.2, 0.25) is 0 Å². The van der Waals surface area contributed by atoms with E-state index in [0.29, 0.717) is 5.56 Å². The fourth-order valence-corrected chi connectivity index (χ4v) is 4.70. The molecule has 3 aromatic rings. The molecule has 0 bridgehead atoms. The average molecular weight is 530 g/mol. The zero-order chi connectivity index (χ0) is 27.4. The van der Waals surface area contributed by atoms with Crippen LogP contribution >= 0.6 is 11.6 Å². The van der Waals surface area contributed by atoms with Crippen LogP contribution in [0.15, 0.2) is 83.5 Å². The van der Waals surface area contributed by atoms with Gasteiger partial charge >= 0.3 is 0 Å². The summed E-state index contributed by atoms with van der Waals surface area (Å²) in [5, 5.41) is 6.02. The van der Waals surface area contributed by atoms with Crippen molar-refractivity contribution in [1.82, 2.24) is 10.2 Å². The molecule has 0 saturated carbocycles. The monoisotopic (exact) mass is 529 g/mol. The number of amides is 3. The van der Waals surface area contributed by atoms with Crippen molar-refractivity contribution in [2.24, 2.45) is 0 Å². The number of rotatable bonds is 9. The number of anilines is 1. The normalized spacial score (nSPS) is 13.6. The summed E-state index contributed by atoms with van der Waals surface area (Å²) < 4.78 is 0. The highest BCUT2D eigenvalue weighted by atomic mass is 35.5. The molecular weight excluding hydrogens is 498 g/mol. The Hall–Kier alpha value is -3.90.